The van der Waals surface area contributed by atoms with Crippen LogP contribution in [0.5, 0.6) is 0 Å². The Bertz CT molecular complexity index is 857. The number of rotatable bonds is 3. The summed E-state index contributed by atoms with van der Waals surface area (Å²) in [5.74, 6) is -0.549. The summed E-state index contributed by atoms with van der Waals surface area (Å²) in [5, 5.41) is 0. The van der Waals surface area contributed by atoms with Gasteiger partial charge in [-0.2, -0.15) is 0 Å². The molecule has 0 radical (unpaired) electrons. The monoisotopic (exact) mass is 380 g/mol. The number of carbonyl (C=O) groups excluding carboxylic acids is 2. The summed E-state index contributed by atoms with van der Waals surface area (Å²) in [6.07, 6.45) is 7.11. The van der Waals surface area contributed by atoms with Gasteiger partial charge in [0.25, 0.3) is 0 Å². The molecule has 0 aliphatic carbocycles. The van der Waals surface area contributed by atoms with Crippen LogP contribution >= 0.6 is 0 Å². The van der Waals surface area contributed by atoms with Gasteiger partial charge in [0.05, 0.1) is 24.5 Å². The molecule has 148 valence electrons. The first-order chi connectivity index (χ1) is 13.5. The minimum atomic E-state index is -0.613. The molecule has 2 bridgehead atoms. The van der Waals surface area contributed by atoms with Crippen LogP contribution in [0.2, 0.25) is 0 Å². The number of ether oxygens (including phenoxy) is 1. The van der Waals surface area contributed by atoms with Crippen molar-refractivity contribution in [1.29, 1.82) is 0 Å². The normalized spacial score (nSPS) is 33.6. The molecule has 3 saturated heterocycles. The second-order valence-corrected chi connectivity index (χ2v) is 8.90. The lowest BCUT2D eigenvalue weighted by atomic mass is 9.76. The molecule has 4 atom stereocenters. The quantitative estimate of drug-likeness (QED) is 0.758. The highest BCUT2D eigenvalue weighted by atomic mass is 16.5. The van der Waals surface area contributed by atoms with Crippen molar-refractivity contribution in [1.82, 2.24) is 9.80 Å². The summed E-state index contributed by atoms with van der Waals surface area (Å²) in [7, 11) is 0. The van der Waals surface area contributed by atoms with Crippen molar-refractivity contribution in [2.75, 3.05) is 19.6 Å². The van der Waals surface area contributed by atoms with E-state index in [-0.39, 0.29) is 29.8 Å². The first-order valence-electron chi connectivity index (χ1n) is 10.5. The van der Waals surface area contributed by atoms with Gasteiger partial charge < -0.3 is 14.5 Å². The van der Waals surface area contributed by atoms with E-state index in [0.29, 0.717) is 13.1 Å². The van der Waals surface area contributed by atoms with Gasteiger partial charge >= 0.3 is 0 Å². The molecule has 1 aromatic rings. The lowest BCUT2D eigenvalue weighted by Gasteiger charge is -2.32. The lowest BCUT2D eigenvalue weighted by Crippen LogP contribution is -2.47. The molecule has 2 amide bonds. The third-order valence-electron chi connectivity index (χ3n) is 7.08. The molecule has 5 nitrogen and oxygen atoms in total. The number of amides is 2. The van der Waals surface area contributed by atoms with Gasteiger partial charge in [-0.05, 0) is 49.8 Å². The Hall–Kier alpha value is -2.14. The molecule has 28 heavy (non-hydrogen) atoms. The van der Waals surface area contributed by atoms with Crippen molar-refractivity contribution >= 4 is 11.8 Å². The summed E-state index contributed by atoms with van der Waals surface area (Å²) in [5.41, 5.74) is 3.00. The Morgan fingerprint density at radius 3 is 2.71 bits per heavy atom. The maximum atomic E-state index is 13.4. The molecule has 5 rings (SSSR count). The average Bonchev–Trinajstić information content (AvgIpc) is 3.33. The molecule has 0 saturated carbocycles. The van der Waals surface area contributed by atoms with Gasteiger partial charge in [0.15, 0.2) is 0 Å². The Morgan fingerprint density at radius 1 is 1.18 bits per heavy atom. The third kappa shape index (κ3) is 2.63. The van der Waals surface area contributed by atoms with E-state index in [4.69, 9.17) is 4.74 Å². The highest BCUT2D eigenvalue weighted by Crippen LogP contribution is 2.52. The fourth-order valence-electron chi connectivity index (χ4n) is 5.44. The second-order valence-electron chi connectivity index (χ2n) is 8.90. The van der Waals surface area contributed by atoms with Crippen LogP contribution in [0.1, 0.15) is 36.0 Å². The first-order valence-corrected chi connectivity index (χ1v) is 10.5. The standard InChI is InChI=1S/C23H28N2O3/c1-15-6-7-17(12-16(15)2)13-25-14-23-9-8-18(28-23)19(20(23)22(25)27)21(26)24-10-4-3-5-11-24/h6-9,12,18-20H,3-5,10-11,13-14H2,1-2H3/t18-,19-,20+,23-/m0/s1. The molecular formula is C23H28N2O3. The Labute approximate surface area is 166 Å². The number of fused-ring (bicyclic) bond motifs is 1. The summed E-state index contributed by atoms with van der Waals surface area (Å²) in [4.78, 5) is 30.5. The maximum absolute atomic E-state index is 13.4. The molecule has 0 N–H and O–H groups in total. The number of nitrogens with zero attached hydrogens (tertiary/aromatic N) is 2. The number of likely N-dealkylation sites (tertiary alicyclic amines) is 2. The zero-order valence-electron chi connectivity index (χ0n) is 16.7. The van der Waals surface area contributed by atoms with E-state index < -0.39 is 5.60 Å². The SMILES string of the molecule is Cc1ccc(CN2C[C@]34C=C[C@H](O3)[C@H](C(=O)N3CCCCC3)[C@@H]4C2=O)cc1C. The van der Waals surface area contributed by atoms with Crippen LogP contribution in [0.3, 0.4) is 0 Å². The molecule has 1 spiro atoms. The van der Waals surface area contributed by atoms with Crippen molar-refractivity contribution in [3.63, 3.8) is 0 Å². The Balaban J connectivity index is 1.39. The van der Waals surface area contributed by atoms with Crippen molar-refractivity contribution < 1.29 is 14.3 Å². The minimum absolute atomic E-state index is 0.0698. The Kier molecular flexibility index (Phi) is 4.13. The van der Waals surface area contributed by atoms with Gasteiger partial charge in [0, 0.05) is 19.6 Å². The molecule has 4 heterocycles. The van der Waals surface area contributed by atoms with Crippen molar-refractivity contribution in [2.45, 2.75) is 51.4 Å². The largest absolute Gasteiger partial charge is 0.360 e. The van der Waals surface area contributed by atoms with Crippen molar-refractivity contribution in [3.05, 3.63) is 47.0 Å². The topological polar surface area (TPSA) is 49.9 Å². The van der Waals surface area contributed by atoms with Crippen LogP contribution < -0.4 is 0 Å². The van der Waals surface area contributed by atoms with Gasteiger partial charge in [-0.1, -0.05) is 30.4 Å². The smallest absolute Gasteiger partial charge is 0.230 e. The van der Waals surface area contributed by atoms with Crippen LogP contribution in [0.15, 0.2) is 30.4 Å². The third-order valence-corrected chi connectivity index (χ3v) is 7.08. The number of aryl methyl sites for hydroxylation is 2. The van der Waals surface area contributed by atoms with Gasteiger partial charge in [-0.3, -0.25) is 9.59 Å². The molecular weight excluding hydrogens is 352 g/mol. The van der Waals surface area contributed by atoms with Crippen LogP contribution in [-0.4, -0.2) is 53.0 Å². The average molecular weight is 380 g/mol. The zero-order valence-corrected chi connectivity index (χ0v) is 16.7. The fraction of sp³-hybridized carbons (Fsp3) is 0.565. The minimum Gasteiger partial charge on any atom is -0.360 e. The molecule has 4 aliphatic rings. The molecule has 4 aliphatic heterocycles. The van der Waals surface area contributed by atoms with Gasteiger partial charge in [-0.15, -0.1) is 0 Å². The van der Waals surface area contributed by atoms with E-state index in [1.165, 1.54) is 17.5 Å². The van der Waals surface area contributed by atoms with E-state index in [1.807, 2.05) is 22.0 Å². The van der Waals surface area contributed by atoms with E-state index in [2.05, 4.69) is 32.0 Å². The molecule has 5 heteroatoms. The first kappa shape index (κ1) is 17.9. The van der Waals surface area contributed by atoms with Crippen LogP contribution in [-0.2, 0) is 20.9 Å². The number of hydrogen-bond acceptors (Lipinski definition) is 3. The van der Waals surface area contributed by atoms with Gasteiger partial charge in [-0.25, -0.2) is 0 Å². The summed E-state index contributed by atoms with van der Waals surface area (Å²) >= 11 is 0. The van der Waals surface area contributed by atoms with Gasteiger partial charge in [0.2, 0.25) is 11.8 Å². The van der Waals surface area contributed by atoms with E-state index in [9.17, 15) is 9.59 Å². The van der Waals surface area contributed by atoms with Crippen molar-refractivity contribution in [2.24, 2.45) is 11.8 Å². The second kappa shape index (κ2) is 6.45. The maximum Gasteiger partial charge on any atom is 0.230 e. The lowest BCUT2D eigenvalue weighted by molar-refractivity contribution is -0.144. The van der Waals surface area contributed by atoms with Crippen LogP contribution in [0.25, 0.3) is 0 Å². The van der Waals surface area contributed by atoms with Gasteiger partial charge in [0.1, 0.15) is 5.60 Å². The molecule has 3 fully saturated rings. The Morgan fingerprint density at radius 2 is 1.96 bits per heavy atom. The molecule has 0 aromatic heterocycles. The van der Waals surface area contributed by atoms with E-state index in [0.717, 1.165) is 31.5 Å². The molecule has 0 unspecified atom stereocenters. The number of benzene rings is 1. The van der Waals surface area contributed by atoms with Crippen molar-refractivity contribution in [3.8, 4) is 0 Å². The number of carbonyl (C=O) groups is 2. The summed E-state index contributed by atoms with van der Waals surface area (Å²) < 4.78 is 6.27. The molecule has 1 aromatic carbocycles. The number of piperidine rings is 1. The van der Waals surface area contributed by atoms with E-state index in [1.54, 1.807) is 0 Å². The van der Waals surface area contributed by atoms with E-state index >= 15 is 0 Å². The highest BCUT2D eigenvalue weighted by Gasteiger charge is 2.67. The predicted octanol–water partition coefficient (Wildman–Crippen LogP) is 2.60. The fourth-order valence-corrected chi connectivity index (χ4v) is 5.44. The summed E-state index contributed by atoms with van der Waals surface area (Å²) in [6, 6.07) is 6.35. The number of hydrogen-bond donors (Lipinski definition) is 0. The summed E-state index contributed by atoms with van der Waals surface area (Å²) in [6.45, 7) is 6.93. The van der Waals surface area contributed by atoms with Crippen LogP contribution in [0, 0.1) is 25.7 Å². The highest BCUT2D eigenvalue weighted by molar-refractivity contribution is 5.93. The zero-order chi connectivity index (χ0) is 19.5. The predicted molar refractivity (Wildman–Crippen MR) is 105 cm³/mol. The van der Waals surface area contributed by atoms with Crippen LogP contribution in [0.4, 0.5) is 0 Å².